The molecule has 2 atom stereocenters. The SMILES string of the molecule is COc1cc(COC(=O)[C@@H]2C[C@H]2c2ccc(Br)cc2)ccc1F. The van der Waals surface area contributed by atoms with Gasteiger partial charge in [-0.05, 0) is 47.7 Å². The number of benzene rings is 2. The molecule has 2 aromatic carbocycles. The molecule has 1 fully saturated rings. The lowest BCUT2D eigenvalue weighted by atomic mass is 10.1. The number of hydrogen-bond donors (Lipinski definition) is 0. The Morgan fingerprint density at radius 1 is 1.26 bits per heavy atom. The zero-order valence-corrected chi connectivity index (χ0v) is 14.2. The molecule has 0 heterocycles. The molecule has 3 nitrogen and oxygen atoms in total. The second-order valence-electron chi connectivity index (χ2n) is 5.58. The quantitative estimate of drug-likeness (QED) is 0.721. The van der Waals surface area contributed by atoms with Gasteiger partial charge in [-0.2, -0.15) is 0 Å². The van der Waals surface area contributed by atoms with Gasteiger partial charge in [0, 0.05) is 4.47 Å². The maximum Gasteiger partial charge on any atom is 0.309 e. The second-order valence-corrected chi connectivity index (χ2v) is 6.49. The first-order valence-corrected chi connectivity index (χ1v) is 8.12. The Bertz CT molecular complexity index is 715. The van der Waals surface area contributed by atoms with Crippen LogP contribution in [-0.2, 0) is 16.1 Å². The first-order chi connectivity index (χ1) is 11.1. The van der Waals surface area contributed by atoms with E-state index in [1.165, 1.54) is 13.2 Å². The predicted molar refractivity (Wildman–Crippen MR) is 87.7 cm³/mol. The standard InChI is InChI=1S/C18H16BrFO3/c1-22-17-8-11(2-7-16(17)20)10-23-18(21)15-9-14(15)12-3-5-13(19)6-4-12/h2-8,14-15H,9-10H2,1H3/t14-,15+/m0/s1. The Balaban J connectivity index is 1.55. The molecule has 2 aromatic rings. The van der Waals surface area contributed by atoms with E-state index in [0.717, 1.165) is 16.5 Å². The van der Waals surface area contributed by atoms with Crippen LogP contribution in [-0.4, -0.2) is 13.1 Å². The lowest BCUT2D eigenvalue weighted by Gasteiger charge is -2.07. The summed E-state index contributed by atoms with van der Waals surface area (Å²) >= 11 is 3.40. The lowest BCUT2D eigenvalue weighted by molar-refractivity contribution is -0.146. The third-order valence-corrected chi connectivity index (χ3v) is 4.52. The molecule has 0 amide bonds. The fourth-order valence-corrected chi connectivity index (χ4v) is 2.85. The van der Waals surface area contributed by atoms with Crippen molar-refractivity contribution in [1.82, 2.24) is 0 Å². The Morgan fingerprint density at radius 2 is 2.00 bits per heavy atom. The van der Waals surface area contributed by atoms with Crippen molar-refractivity contribution in [1.29, 1.82) is 0 Å². The predicted octanol–water partition coefficient (Wildman–Crippen LogP) is 4.44. The van der Waals surface area contributed by atoms with E-state index in [9.17, 15) is 9.18 Å². The van der Waals surface area contributed by atoms with Crippen LogP contribution < -0.4 is 4.74 Å². The highest BCUT2D eigenvalue weighted by Gasteiger charge is 2.45. The Morgan fingerprint density at radius 3 is 2.70 bits per heavy atom. The molecule has 120 valence electrons. The minimum absolute atomic E-state index is 0.0847. The molecule has 23 heavy (non-hydrogen) atoms. The highest BCUT2D eigenvalue weighted by Crippen LogP contribution is 2.48. The molecule has 0 spiro atoms. The molecule has 5 heteroatoms. The summed E-state index contributed by atoms with van der Waals surface area (Å²) in [4.78, 5) is 12.1. The van der Waals surface area contributed by atoms with Crippen molar-refractivity contribution >= 4 is 21.9 Å². The molecule has 0 radical (unpaired) electrons. The smallest absolute Gasteiger partial charge is 0.309 e. The van der Waals surface area contributed by atoms with Crippen molar-refractivity contribution < 1.29 is 18.7 Å². The van der Waals surface area contributed by atoms with Gasteiger partial charge in [-0.15, -0.1) is 0 Å². The summed E-state index contributed by atoms with van der Waals surface area (Å²) in [6.45, 7) is 0.124. The van der Waals surface area contributed by atoms with Crippen molar-refractivity contribution in [3.63, 3.8) is 0 Å². The van der Waals surface area contributed by atoms with Crippen molar-refractivity contribution in [2.24, 2.45) is 5.92 Å². The van der Waals surface area contributed by atoms with Gasteiger partial charge in [0.05, 0.1) is 13.0 Å². The summed E-state index contributed by atoms with van der Waals surface area (Å²) in [5, 5.41) is 0. The summed E-state index contributed by atoms with van der Waals surface area (Å²) in [7, 11) is 1.40. The van der Waals surface area contributed by atoms with Gasteiger partial charge < -0.3 is 9.47 Å². The van der Waals surface area contributed by atoms with Gasteiger partial charge in [0.15, 0.2) is 11.6 Å². The van der Waals surface area contributed by atoms with Gasteiger partial charge in [0.25, 0.3) is 0 Å². The minimum atomic E-state index is -0.430. The largest absolute Gasteiger partial charge is 0.494 e. The summed E-state index contributed by atoms with van der Waals surface area (Å²) in [6.07, 6.45) is 0.813. The van der Waals surface area contributed by atoms with E-state index < -0.39 is 5.82 Å². The normalized spacial score (nSPS) is 19.3. The van der Waals surface area contributed by atoms with Crippen LogP contribution >= 0.6 is 15.9 Å². The molecule has 0 N–H and O–H groups in total. The molecule has 0 unspecified atom stereocenters. The first kappa shape index (κ1) is 16.0. The molecule has 0 aromatic heterocycles. The van der Waals surface area contributed by atoms with Crippen LogP contribution in [0, 0.1) is 11.7 Å². The maximum atomic E-state index is 13.3. The topological polar surface area (TPSA) is 35.5 Å². The molecule has 0 aliphatic heterocycles. The first-order valence-electron chi connectivity index (χ1n) is 7.33. The van der Waals surface area contributed by atoms with Crippen LogP contribution in [0.5, 0.6) is 5.75 Å². The number of ether oxygens (including phenoxy) is 2. The summed E-state index contributed by atoms with van der Waals surface area (Å²) < 4.78 is 24.6. The molecule has 3 rings (SSSR count). The zero-order chi connectivity index (χ0) is 16.4. The average molecular weight is 379 g/mol. The third kappa shape index (κ3) is 3.72. The Hall–Kier alpha value is -1.88. The van der Waals surface area contributed by atoms with Crippen LogP contribution in [0.3, 0.4) is 0 Å². The number of methoxy groups -OCH3 is 1. The second kappa shape index (κ2) is 6.71. The maximum absolute atomic E-state index is 13.3. The molecule has 1 aliphatic rings. The van der Waals surface area contributed by atoms with Crippen LogP contribution in [0.1, 0.15) is 23.5 Å². The van der Waals surface area contributed by atoms with Crippen LogP contribution in [0.4, 0.5) is 4.39 Å². The number of halogens is 2. The number of carbonyl (C=O) groups excluding carboxylic acids is 1. The van der Waals surface area contributed by atoms with E-state index in [0.29, 0.717) is 5.56 Å². The molecule has 0 saturated heterocycles. The van der Waals surface area contributed by atoms with E-state index in [4.69, 9.17) is 9.47 Å². The zero-order valence-electron chi connectivity index (χ0n) is 12.6. The molecular formula is C18H16BrFO3. The van der Waals surface area contributed by atoms with Crippen molar-refractivity contribution in [2.75, 3.05) is 7.11 Å². The third-order valence-electron chi connectivity index (χ3n) is 3.99. The van der Waals surface area contributed by atoms with Crippen LogP contribution in [0.25, 0.3) is 0 Å². The number of carbonyl (C=O) groups is 1. The fraction of sp³-hybridized carbons (Fsp3) is 0.278. The van der Waals surface area contributed by atoms with Crippen LogP contribution in [0.2, 0.25) is 0 Å². The highest BCUT2D eigenvalue weighted by molar-refractivity contribution is 9.10. The summed E-state index contributed by atoms with van der Waals surface area (Å²) in [5.74, 6) is -0.337. The van der Waals surface area contributed by atoms with E-state index in [1.54, 1.807) is 12.1 Å². The number of esters is 1. The molecule has 0 bridgehead atoms. The van der Waals surface area contributed by atoms with E-state index in [-0.39, 0.29) is 30.2 Å². The fourth-order valence-electron chi connectivity index (χ4n) is 2.59. The number of hydrogen-bond acceptors (Lipinski definition) is 3. The summed E-state index contributed by atoms with van der Waals surface area (Å²) in [6, 6.07) is 12.4. The average Bonchev–Trinajstić information content (AvgIpc) is 3.35. The van der Waals surface area contributed by atoms with Crippen molar-refractivity contribution in [2.45, 2.75) is 18.9 Å². The Labute approximate surface area is 142 Å². The van der Waals surface area contributed by atoms with Gasteiger partial charge in [-0.3, -0.25) is 4.79 Å². The van der Waals surface area contributed by atoms with E-state index in [1.807, 2.05) is 24.3 Å². The van der Waals surface area contributed by atoms with Crippen LogP contribution in [0.15, 0.2) is 46.9 Å². The Kier molecular flexibility index (Phi) is 4.66. The monoisotopic (exact) mass is 378 g/mol. The van der Waals surface area contributed by atoms with Gasteiger partial charge in [0.1, 0.15) is 6.61 Å². The highest BCUT2D eigenvalue weighted by atomic mass is 79.9. The van der Waals surface area contributed by atoms with Gasteiger partial charge >= 0.3 is 5.97 Å². The molecular weight excluding hydrogens is 363 g/mol. The molecule has 1 aliphatic carbocycles. The summed E-state index contributed by atoms with van der Waals surface area (Å²) in [5.41, 5.74) is 1.86. The number of rotatable bonds is 5. The van der Waals surface area contributed by atoms with E-state index in [2.05, 4.69) is 15.9 Å². The minimum Gasteiger partial charge on any atom is -0.494 e. The lowest BCUT2D eigenvalue weighted by Crippen LogP contribution is -2.08. The van der Waals surface area contributed by atoms with Gasteiger partial charge in [-0.25, -0.2) is 4.39 Å². The van der Waals surface area contributed by atoms with Gasteiger partial charge in [-0.1, -0.05) is 34.1 Å². The van der Waals surface area contributed by atoms with Gasteiger partial charge in [0.2, 0.25) is 0 Å². The van der Waals surface area contributed by atoms with E-state index >= 15 is 0 Å². The molecule has 1 saturated carbocycles. The van der Waals surface area contributed by atoms with Crippen molar-refractivity contribution in [3.8, 4) is 5.75 Å². The van der Waals surface area contributed by atoms with Crippen molar-refractivity contribution in [3.05, 3.63) is 63.9 Å².